The number of para-hydroxylation sites is 3. The molecule has 0 bridgehead atoms. The Morgan fingerprint density at radius 2 is 1.03 bits per heavy atom. The SMILES string of the molecule is Cc1cc(C)cc(-c2cc(Oc3ccc4c5ccccc5n(-c5cc(C(C)(C)C)ccn5)c4c3)cc(N3CN(c4c(-c5cc(F)cc(F)c5)cc(C(C)(C)C)cc4-c4cc(F)cc(F)c4)c4ccccc43)c2)c1. The van der Waals surface area contributed by atoms with Crippen molar-refractivity contribution in [3.8, 4) is 50.7 Å². The van der Waals surface area contributed by atoms with Crippen LogP contribution in [0.15, 0.2) is 170 Å². The van der Waals surface area contributed by atoms with Gasteiger partial charge in [-0.1, -0.05) is 101 Å². The minimum absolute atomic E-state index is 0.0843. The van der Waals surface area contributed by atoms with Crippen LogP contribution in [0.25, 0.3) is 61.0 Å². The maximum absolute atomic E-state index is 15.3. The number of anilines is 4. The lowest BCUT2D eigenvalue weighted by Gasteiger charge is -2.30. The highest BCUT2D eigenvalue weighted by Crippen LogP contribution is 2.52. The van der Waals surface area contributed by atoms with Gasteiger partial charge in [-0.25, -0.2) is 22.5 Å². The van der Waals surface area contributed by atoms with E-state index in [-0.39, 0.29) is 23.2 Å². The predicted molar refractivity (Wildman–Crippen MR) is 290 cm³/mol. The first-order valence-corrected chi connectivity index (χ1v) is 24.5. The van der Waals surface area contributed by atoms with Gasteiger partial charge in [0.1, 0.15) is 47.3 Å². The second-order valence-corrected chi connectivity index (χ2v) is 21.4. The fraction of sp³-hybridized carbons (Fsp3) is 0.172. The van der Waals surface area contributed by atoms with Gasteiger partial charge in [0.25, 0.3) is 0 Å². The van der Waals surface area contributed by atoms with Crippen LogP contribution in [0.1, 0.15) is 63.8 Å². The van der Waals surface area contributed by atoms with Gasteiger partial charge in [0, 0.05) is 58.0 Å². The molecule has 0 saturated carbocycles. The summed E-state index contributed by atoms with van der Waals surface area (Å²) in [6.45, 7) is 17.1. The molecule has 0 fully saturated rings. The van der Waals surface area contributed by atoms with Gasteiger partial charge in [0.15, 0.2) is 0 Å². The number of halogens is 4. The summed E-state index contributed by atoms with van der Waals surface area (Å²) in [7, 11) is 0. The number of fused-ring (bicyclic) bond motifs is 4. The Kier molecular flexibility index (Phi) is 11.5. The maximum Gasteiger partial charge on any atom is 0.137 e. The molecule has 0 atom stereocenters. The van der Waals surface area contributed by atoms with Crippen LogP contribution < -0.4 is 14.5 Å². The highest BCUT2D eigenvalue weighted by Gasteiger charge is 2.34. The van der Waals surface area contributed by atoms with Gasteiger partial charge in [-0.2, -0.15) is 0 Å². The molecule has 0 saturated heterocycles. The van der Waals surface area contributed by atoms with Crippen LogP contribution in [0.5, 0.6) is 11.5 Å². The molecule has 0 aliphatic carbocycles. The third-order valence-electron chi connectivity index (χ3n) is 13.8. The fourth-order valence-electron chi connectivity index (χ4n) is 10.4. The molecular weight excluding hydrogens is 917 g/mol. The summed E-state index contributed by atoms with van der Waals surface area (Å²) in [5.41, 5.74) is 12.1. The molecule has 5 nitrogen and oxygen atoms in total. The van der Waals surface area contributed by atoms with Gasteiger partial charge >= 0.3 is 0 Å². The van der Waals surface area contributed by atoms with Crippen molar-refractivity contribution in [1.82, 2.24) is 9.55 Å². The van der Waals surface area contributed by atoms with Crippen molar-refractivity contribution in [3.63, 3.8) is 0 Å². The first-order valence-electron chi connectivity index (χ1n) is 24.5. The van der Waals surface area contributed by atoms with Crippen molar-refractivity contribution in [2.24, 2.45) is 0 Å². The minimum atomic E-state index is -0.744. The zero-order valence-electron chi connectivity index (χ0n) is 42.1. The molecule has 0 spiro atoms. The normalized spacial score (nSPS) is 12.8. The molecule has 1 aliphatic heterocycles. The Balaban J connectivity index is 1.09. The zero-order valence-corrected chi connectivity index (χ0v) is 42.1. The summed E-state index contributed by atoms with van der Waals surface area (Å²) in [4.78, 5) is 9.13. The van der Waals surface area contributed by atoms with Crippen molar-refractivity contribution < 1.29 is 22.3 Å². The topological polar surface area (TPSA) is 33.5 Å². The molecule has 8 aromatic carbocycles. The third kappa shape index (κ3) is 8.98. The van der Waals surface area contributed by atoms with Crippen LogP contribution in [0.4, 0.5) is 40.3 Å². The Morgan fingerprint density at radius 1 is 0.466 bits per heavy atom. The van der Waals surface area contributed by atoms with E-state index in [1.807, 2.05) is 81.6 Å². The molecule has 11 rings (SSSR count). The first-order chi connectivity index (χ1) is 34.8. The first kappa shape index (κ1) is 47.2. The quantitative estimate of drug-likeness (QED) is 0.142. The van der Waals surface area contributed by atoms with E-state index in [0.29, 0.717) is 28.3 Å². The van der Waals surface area contributed by atoms with Crippen molar-refractivity contribution in [2.45, 2.75) is 66.2 Å². The average molecular weight is 971 g/mol. The number of ether oxygens (including phenoxy) is 1. The minimum Gasteiger partial charge on any atom is -0.457 e. The van der Waals surface area contributed by atoms with E-state index in [2.05, 4.69) is 122 Å². The van der Waals surface area contributed by atoms with Crippen LogP contribution >= 0.6 is 0 Å². The number of hydrogen-bond donors (Lipinski definition) is 0. The van der Waals surface area contributed by atoms with Crippen molar-refractivity contribution in [1.29, 1.82) is 0 Å². The number of hydrogen-bond acceptors (Lipinski definition) is 4. The van der Waals surface area contributed by atoms with Crippen LogP contribution in [-0.2, 0) is 10.8 Å². The molecule has 0 N–H and O–H groups in total. The zero-order chi connectivity index (χ0) is 51.1. The van der Waals surface area contributed by atoms with Gasteiger partial charge in [0.05, 0.1) is 28.1 Å². The Hall–Kier alpha value is -8.17. The maximum atomic E-state index is 15.3. The molecule has 1 aliphatic rings. The van der Waals surface area contributed by atoms with E-state index in [9.17, 15) is 0 Å². The molecule has 0 unspecified atom stereocenters. The lowest BCUT2D eigenvalue weighted by atomic mass is 9.82. The van der Waals surface area contributed by atoms with E-state index < -0.39 is 28.7 Å². The summed E-state index contributed by atoms with van der Waals surface area (Å²) in [6, 6.07) is 50.2. The van der Waals surface area contributed by atoms with Crippen molar-refractivity contribution >= 4 is 44.6 Å². The van der Waals surface area contributed by atoms with E-state index in [4.69, 9.17) is 9.72 Å². The number of nitrogens with zero attached hydrogens (tertiary/aromatic N) is 4. The Labute approximate surface area is 423 Å². The lowest BCUT2D eigenvalue weighted by Crippen LogP contribution is -2.25. The van der Waals surface area contributed by atoms with Gasteiger partial charge in [-0.05, 0) is 149 Å². The second kappa shape index (κ2) is 17.8. The van der Waals surface area contributed by atoms with Crippen LogP contribution in [0, 0.1) is 37.1 Å². The highest BCUT2D eigenvalue weighted by atomic mass is 19.1. The van der Waals surface area contributed by atoms with Crippen LogP contribution in [-0.4, -0.2) is 16.2 Å². The number of aryl methyl sites for hydroxylation is 2. The standard InChI is InChI=1S/C64H54F4N4O/c1-38-21-39(2)23-40(22-38)41-28-50(35-52(29-41)73-51-17-18-54-53-13-9-10-14-57(53)72(60(54)36-51)61-32-44(19-20-69-61)63(3,4)5)70-37-71(59-16-12-11-15-58(59)70)62-55(42-24-46(65)33-47(66)25-42)30-45(64(6,7)8)31-56(62)43-26-48(67)34-49(68)27-43/h9-36H,37H2,1-8H3. The molecule has 2 aromatic heterocycles. The molecule has 0 radical (unpaired) electrons. The van der Waals surface area contributed by atoms with Gasteiger partial charge in [-0.15, -0.1) is 0 Å². The average Bonchev–Trinajstić information content (AvgIpc) is 3.88. The molecule has 0 amide bonds. The van der Waals surface area contributed by atoms with E-state index >= 15 is 17.6 Å². The fourth-order valence-corrected chi connectivity index (χ4v) is 10.4. The summed E-state index contributed by atoms with van der Waals surface area (Å²) in [5.74, 6) is -0.930. The highest BCUT2D eigenvalue weighted by molar-refractivity contribution is 6.09. The largest absolute Gasteiger partial charge is 0.457 e. The molecule has 10 aromatic rings. The van der Waals surface area contributed by atoms with Gasteiger partial charge < -0.3 is 14.5 Å². The van der Waals surface area contributed by atoms with Gasteiger partial charge in [-0.3, -0.25) is 4.57 Å². The summed E-state index contributed by atoms with van der Waals surface area (Å²) in [5, 5.41) is 2.17. The van der Waals surface area contributed by atoms with Crippen LogP contribution in [0.3, 0.4) is 0 Å². The van der Waals surface area contributed by atoms with Crippen molar-refractivity contribution in [2.75, 3.05) is 16.5 Å². The predicted octanol–water partition coefficient (Wildman–Crippen LogP) is 18.0. The monoisotopic (exact) mass is 970 g/mol. The van der Waals surface area contributed by atoms with E-state index in [1.165, 1.54) is 29.8 Å². The number of aromatic nitrogens is 2. The molecule has 364 valence electrons. The summed E-state index contributed by atoms with van der Waals surface area (Å²) in [6.07, 6.45) is 1.87. The number of benzene rings is 8. The van der Waals surface area contributed by atoms with Crippen molar-refractivity contribution in [3.05, 3.63) is 216 Å². The third-order valence-corrected chi connectivity index (χ3v) is 13.8. The Bertz CT molecular complexity index is 3690. The number of pyridine rings is 1. The smallest absolute Gasteiger partial charge is 0.137 e. The molecule has 9 heteroatoms. The molecule has 73 heavy (non-hydrogen) atoms. The second-order valence-electron chi connectivity index (χ2n) is 21.4. The lowest BCUT2D eigenvalue weighted by molar-refractivity contribution is 0.483. The van der Waals surface area contributed by atoms with Gasteiger partial charge in [0.2, 0.25) is 0 Å². The van der Waals surface area contributed by atoms with Crippen LogP contribution in [0.2, 0.25) is 0 Å². The molecule has 3 heterocycles. The van der Waals surface area contributed by atoms with E-state index in [0.717, 1.165) is 84.6 Å². The molecular formula is C64H54F4N4O. The summed E-state index contributed by atoms with van der Waals surface area (Å²) < 4.78 is 70.5. The van der Waals surface area contributed by atoms with E-state index in [1.54, 1.807) is 0 Å². The Morgan fingerprint density at radius 3 is 1.64 bits per heavy atom. The number of rotatable bonds is 8. The summed E-state index contributed by atoms with van der Waals surface area (Å²) >= 11 is 0.